The van der Waals surface area contributed by atoms with Gasteiger partial charge in [0.05, 0.1) is 5.69 Å². The molecule has 0 saturated carbocycles. The molecule has 0 aliphatic rings. The van der Waals surface area contributed by atoms with E-state index in [4.69, 9.17) is 5.73 Å². The number of nitrogens with two attached hydrogens (primary N) is 1. The molecule has 0 saturated heterocycles. The second-order valence-corrected chi connectivity index (χ2v) is 5.65. The summed E-state index contributed by atoms with van der Waals surface area (Å²) in [5.41, 5.74) is 7.04. The van der Waals surface area contributed by atoms with Crippen molar-refractivity contribution < 1.29 is 0 Å². The Bertz CT molecular complexity index is 305. The molecular weight excluding hydrogens is 242 g/mol. The van der Waals surface area contributed by atoms with Gasteiger partial charge in [-0.15, -0.1) is 0 Å². The van der Waals surface area contributed by atoms with Gasteiger partial charge in [-0.25, -0.2) is 0 Å². The summed E-state index contributed by atoms with van der Waals surface area (Å²) in [5, 5.41) is 0. The summed E-state index contributed by atoms with van der Waals surface area (Å²) >= 11 is 1.99. The first-order chi connectivity index (χ1) is 8.81. The van der Waals surface area contributed by atoms with Crippen molar-refractivity contribution in [3.8, 4) is 0 Å². The SMILES string of the molecule is CCSCCC(CN)N(CC)Cc1ccccn1. The lowest BCUT2D eigenvalue weighted by atomic mass is 10.1. The Morgan fingerprint density at radius 2 is 2.22 bits per heavy atom. The van der Waals surface area contributed by atoms with E-state index in [1.54, 1.807) is 0 Å². The van der Waals surface area contributed by atoms with Gasteiger partial charge < -0.3 is 5.73 Å². The van der Waals surface area contributed by atoms with Crippen LogP contribution in [0.5, 0.6) is 0 Å². The second-order valence-electron chi connectivity index (χ2n) is 4.26. The standard InChI is InChI=1S/C14H25N3S/c1-3-17(12-13-7-5-6-9-16-13)14(11-15)8-10-18-4-2/h5-7,9,14H,3-4,8,10-12,15H2,1-2H3. The van der Waals surface area contributed by atoms with Crippen LogP contribution < -0.4 is 5.73 Å². The molecule has 1 unspecified atom stereocenters. The van der Waals surface area contributed by atoms with E-state index in [0.717, 1.165) is 31.7 Å². The topological polar surface area (TPSA) is 42.1 Å². The van der Waals surface area contributed by atoms with E-state index in [1.807, 2.05) is 30.1 Å². The molecule has 3 nitrogen and oxygen atoms in total. The number of pyridine rings is 1. The highest BCUT2D eigenvalue weighted by Crippen LogP contribution is 2.12. The van der Waals surface area contributed by atoms with E-state index in [1.165, 1.54) is 11.5 Å². The molecule has 0 fully saturated rings. The summed E-state index contributed by atoms with van der Waals surface area (Å²) in [6.45, 7) is 7.04. The first kappa shape index (κ1) is 15.5. The van der Waals surface area contributed by atoms with Crippen molar-refractivity contribution in [1.29, 1.82) is 0 Å². The largest absolute Gasteiger partial charge is 0.329 e. The minimum absolute atomic E-state index is 0.469. The predicted octanol–water partition coefficient (Wildman–Crippen LogP) is 2.37. The van der Waals surface area contributed by atoms with E-state index in [-0.39, 0.29) is 0 Å². The van der Waals surface area contributed by atoms with Crippen molar-refractivity contribution in [2.45, 2.75) is 32.9 Å². The van der Waals surface area contributed by atoms with Crippen LogP contribution in [-0.2, 0) is 6.54 Å². The molecule has 1 aromatic rings. The number of nitrogens with zero attached hydrogens (tertiary/aromatic N) is 2. The molecule has 0 aliphatic carbocycles. The molecule has 0 spiro atoms. The van der Waals surface area contributed by atoms with Crippen LogP contribution in [0.25, 0.3) is 0 Å². The van der Waals surface area contributed by atoms with Gasteiger partial charge in [-0.2, -0.15) is 11.8 Å². The Morgan fingerprint density at radius 1 is 1.39 bits per heavy atom. The molecule has 18 heavy (non-hydrogen) atoms. The highest BCUT2D eigenvalue weighted by Gasteiger charge is 2.15. The van der Waals surface area contributed by atoms with E-state index >= 15 is 0 Å². The Labute approximate surface area is 115 Å². The zero-order chi connectivity index (χ0) is 13.2. The van der Waals surface area contributed by atoms with Gasteiger partial charge in [-0.1, -0.05) is 19.9 Å². The summed E-state index contributed by atoms with van der Waals surface area (Å²) in [6.07, 6.45) is 3.02. The third-order valence-corrected chi connectivity index (χ3v) is 4.02. The number of aromatic nitrogens is 1. The monoisotopic (exact) mass is 267 g/mol. The fraction of sp³-hybridized carbons (Fsp3) is 0.643. The first-order valence-electron chi connectivity index (χ1n) is 6.73. The summed E-state index contributed by atoms with van der Waals surface area (Å²) in [5.74, 6) is 2.38. The van der Waals surface area contributed by atoms with Crippen molar-refractivity contribution in [1.82, 2.24) is 9.88 Å². The zero-order valence-electron chi connectivity index (χ0n) is 11.5. The van der Waals surface area contributed by atoms with Crippen molar-refractivity contribution in [3.63, 3.8) is 0 Å². The molecule has 0 aromatic carbocycles. The van der Waals surface area contributed by atoms with Gasteiger partial charge in [0.15, 0.2) is 0 Å². The van der Waals surface area contributed by atoms with Crippen LogP contribution in [0.3, 0.4) is 0 Å². The van der Waals surface area contributed by atoms with Crippen LogP contribution in [0.2, 0.25) is 0 Å². The Kier molecular flexibility index (Phi) is 8.05. The van der Waals surface area contributed by atoms with Gasteiger partial charge in [-0.3, -0.25) is 9.88 Å². The maximum Gasteiger partial charge on any atom is 0.0544 e. The third-order valence-electron chi connectivity index (χ3n) is 3.09. The summed E-state index contributed by atoms with van der Waals surface area (Å²) < 4.78 is 0. The summed E-state index contributed by atoms with van der Waals surface area (Å²) in [7, 11) is 0. The zero-order valence-corrected chi connectivity index (χ0v) is 12.3. The molecule has 2 N–H and O–H groups in total. The van der Waals surface area contributed by atoms with E-state index in [9.17, 15) is 0 Å². The molecule has 1 rings (SSSR count). The van der Waals surface area contributed by atoms with Gasteiger partial charge >= 0.3 is 0 Å². The minimum Gasteiger partial charge on any atom is -0.329 e. The maximum atomic E-state index is 5.91. The predicted molar refractivity (Wildman–Crippen MR) is 80.8 cm³/mol. The van der Waals surface area contributed by atoms with Gasteiger partial charge in [0.1, 0.15) is 0 Å². The van der Waals surface area contributed by atoms with Crippen LogP contribution >= 0.6 is 11.8 Å². The summed E-state index contributed by atoms with van der Waals surface area (Å²) in [6, 6.07) is 6.55. The molecule has 4 heteroatoms. The normalized spacial score (nSPS) is 12.9. The molecular formula is C14H25N3S. The molecule has 0 aliphatic heterocycles. The second kappa shape index (κ2) is 9.36. The lowest BCUT2D eigenvalue weighted by Gasteiger charge is -2.29. The molecule has 1 atom stereocenters. The Morgan fingerprint density at radius 3 is 2.78 bits per heavy atom. The fourth-order valence-electron chi connectivity index (χ4n) is 2.01. The highest BCUT2D eigenvalue weighted by atomic mass is 32.2. The average molecular weight is 267 g/mol. The van der Waals surface area contributed by atoms with Crippen LogP contribution in [0.4, 0.5) is 0 Å². The van der Waals surface area contributed by atoms with Gasteiger partial charge in [0.25, 0.3) is 0 Å². The highest BCUT2D eigenvalue weighted by molar-refractivity contribution is 7.99. The van der Waals surface area contributed by atoms with Gasteiger partial charge in [0.2, 0.25) is 0 Å². The smallest absolute Gasteiger partial charge is 0.0544 e. The Balaban J connectivity index is 2.51. The number of hydrogen-bond acceptors (Lipinski definition) is 4. The molecule has 0 radical (unpaired) electrons. The first-order valence-corrected chi connectivity index (χ1v) is 7.89. The third kappa shape index (κ3) is 5.38. The molecule has 102 valence electrons. The quantitative estimate of drug-likeness (QED) is 0.698. The average Bonchev–Trinajstić information content (AvgIpc) is 2.43. The summed E-state index contributed by atoms with van der Waals surface area (Å²) in [4.78, 5) is 6.82. The number of hydrogen-bond donors (Lipinski definition) is 1. The van der Waals surface area contributed by atoms with E-state index in [2.05, 4.69) is 29.8 Å². The van der Waals surface area contributed by atoms with Crippen molar-refractivity contribution in [2.24, 2.45) is 5.73 Å². The van der Waals surface area contributed by atoms with Gasteiger partial charge in [-0.05, 0) is 36.6 Å². The fourth-order valence-corrected chi connectivity index (χ4v) is 2.74. The molecule has 0 bridgehead atoms. The minimum atomic E-state index is 0.469. The van der Waals surface area contributed by atoms with E-state index < -0.39 is 0 Å². The van der Waals surface area contributed by atoms with Gasteiger partial charge in [0, 0.05) is 25.3 Å². The molecule has 0 amide bonds. The van der Waals surface area contributed by atoms with Crippen LogP contribution in [0.15, 0.2) is 24.4 Å². The van der Waals surface area contributed by atoms with Crippen LogP contribution in [0.1, 0.15) is 26.0 Å². The lowest BCUT2D eigenvalue weighted by Crippen LogP contribution is -2.40. The van der Waals surface area contributed by atoms with Crippen molar-refractivity contribution in [3.05, 3.63) is 30.1 Å². The van der Waals surface area contributed by atoms with Crippen LogP contribution in [0, 0.1) is 0 Å². The van der Waals surface area contributed by atoms with Crippen LogP contribution in [-0.4, -0.2) is 40.5 Å². The number of rotatable bonds is 9. The Hall–Kier alpha value is -0.580. The number of likely N-dealkylation sites (N-methyl/N-ethyl adjacent to an activating group) is 1. The molecule has 1 heterocycles. The number of thioether (sulfide) groups is 1. The molecule has 1 aromatic heterocycles. The van der Waals surface area contributed by atoms with E-state index in [0.29, 0.717) is 6.04 Å². The lowest BCUT2D eigenvalue weighted by molar-refractivity contribution is 0.195. The maximum absolute atomic E-state index is 5.91. The van der Waals surface area contributed by atoms with Crippen molar-refractivity contribution in [2.75, 3.05) is 24.6 Å². The van der Waals surface area contributed by atoms with Crippen molar-refractivity contribution >= 4 is 11.8 Å².